The Bertz CT molecular complexity index is 432. The summed E-state index contributed by atoms with van der Waals surface area (Å²) in [4.78, 5) is 15.7. The van der Waals surface area contributed by atoms with Gasteiger partial charge in [0, 0.05) is 39.3 Å². The normalized spacial score (nSPS) is 16.4. The second-order valence-electron chi connectivity index (χ2n) is 4.58. The Balaban J connectivity index is 1.65. The molecule has 1 aliphatic rings. The van der Waals surface area contributed by atoms with Gasteiger partial charge < -0.3 is 9.64 Å². The highest BCUT2D eigenvalue weighted by Gasteiger charge is 2.21. The summed E-state index contributed by atoms with van der Waals surface area (Å²) >= 11 is 4.16. The quantitative estimate of drug-likeness (QED) is 0.779. The lowest BCUT2D eigenvalue weighted by Gasteiger charge is -2.33. The van der Waals surface area contributed by atoms with E-state index in [-0.39, 0.29) is 6.09 Å². The third-order valence-corrected chi connectivity index (χ3v) is 3.58. The van der Waals surface area contributed by atoms with Gasteiger partial charge in [0.05, 0.1) is 6.61 Å². The van der Waals surface area contributed by atoms with Gasteiger partial charge in [-0.3, -0.25) is 4.90 Å². The molecule has 2 rings (SSSR count). The van der Waals surface area contributed by atoms with Gasteiger partial charge in [-0.25, -0.2) is 9.48 Å². The van der Waals surface area contributed by atoms with E-state index in [4.69, 9.17) is 4.74 Å². The van der Waals surface area contributed by atoms with E-state index < -0.39 is 0 Å². The molecule has 1 amide bonds. The van der Waals surface area contributed by atoms with Crippen LogP contribution in [0.4, 0.5) is 4.79 Å². The summed E-state index contributed by atoms with van der Waals surface area (Å²) in [5.74, 6) is 0. The van der Waals surface area contributed by atoms with Crippen molar-refractivity contribution in [1.29, 1.82) is 0 Å². The maximum Gasteiger partial charge on any atom is 0.409 e. The van der Waals surface area contributed by atoms with Crippen LogP contribution in [-0.4, -0.2) is 75.4 Å². The monoisotopic (exact) mass is 300 g/mol. The number of carbonyl (C=O) groups is 1. The molecular weight excluding hydrogens is 280 g/mol. The van der Waals surface area contributed by atoms with E-state index in [1.807, 2.05) is 6.92 Å². The maximum atomic E-state index is 11.6. The molecule has 1 aromatic rings. The van der Waals surface area contributed by atoms with E-state index in [0.29, 0.717) is 11.8 Å². The van der Waals surface area contributed by atoms with Crippen molar-refractivity contribution >= 4 is 18.7 Å². The molecule has 112 valence electrons. The zero-order chi connectivity index (χ0) is 14.4. The highest BCUT2D eigenvalue weighted by atomic mass is 32.1. The van der Waals surface area contributed by atoms with Crippen LogP contribution >= 0.6 is 12.6 Å². The molecule has 8 nitrogen and oxygen atoms in total. The number of hydrogen-bond acceptors (Lipinski definition) is 7. The van der Waals surface area contributed by atoms with E-state index in [2.05, 4.69) is 33.1 Å². The fourth-order valence-corrected chi connectivity index (χ4v) is 2.34. The summed E-state index contributed by atoms with van der Waals surface area (Å²) in [6.45, 7) is 7.17. The number of tetrazole rings is 1. The summed E-state index contributed by atoms with van der Waals surface area (Å²) in [5.41, 5.74) is 0. The summed E-state index contributed by atoms with van der Waals surface area (Å²) in [6, 6.07) is 0. The molecule has 1 aliphatic heterocycles. The fraction of sp³-hybridized carbons (Fsp3) is 0.818. The molecule has 0 aliphatic carbocycles. The molecule has 1 fully saturated rings. The summed E-state index contributed by atoms with van der Waals surface area (Å²) in [7, 11) is 0. The predicted octanol–water partition coefficient (Wildman–Crippen LogP) is 0.126. The Hall–Kier alpha value is -1.35. The smallest absolute Gasteiger partial charge is 0.409 e. The number of rotatable bonds is 5. The molecule has 0 bridgehead atoms. The van der Waals surface area contributed by atoms with E-state index >= 15 is 0 Å². The standard InChI is InChI=1S/C11H20N6O2S/c1-2-19-11(18)16-8-6-15(7-9-16)4-3-5-17-10(20)12-13-14-17/h2-9H2,1H3,(H,12,14,20). The van der Waals surface area contributed by atoms with Crippen LogP contribution in [-0.2, 0) is 11.3 Å². The van der Waals surface area contributed by atoms with Crippen LogP contribution in [0.2, 0.25) is 0 Å². The molecule has 9 heteroatoms. The molecule has 0 spiro atoms. The SMILES string of the molecule is CCOC(=O)N1CCN(CCCn2nnnc2S)CC1. The van der Waals surface area contributed by atoms with Crippen LogP contribution in [0.15, 0.2) is 5.16 Å². The number of amides is 1. The molecule has 0 unspecified atom stereocenters. The second-order valence-corrected chi connectivity index (χ2v) is 4.98. The molecule has 0 aromatic carbocycles. The van der Waals surface area contributed by atoms with E-state index in [9.17, 15) is 4.79 Å². The number of thiol groups is 1. The van der Waals surface area contributed by atoms with Gasteiger partial charge in [-0.2, -0.15) is 0 Å². The second kappa shape index (κ2) is 7.44. The highest BCUT2D eigenvalue weighted by molar-refractivity contribution is 7.80. The molecule has 0 atom stereocenters. The minimum absolute atomic E-state index is 0.208. The number of aromatic nitrogens is 4. The third kappa shape index (κ3) is 4.07. The molecule has 0 N–H and O–H groups in total. The molecule has 0 radical (unpaired) electrons. The molecular formula is C11H20N6O2S. The highest BCUT2D eigenvalue weighted by Crippen LogP contribution is 2.06. The minimum atomic E-state index is -0.208. The molecule has 20 heavy (non-hydrogen) atoms. The van der Waals surface area contributed by atoms with Gasteiger partial charge in [-0.1, -0.05) is 0 Å². The van der Waals surface area contributed by atoms with Crippen molar-refractivity contribution in [3.63, 3.8) is 0 Å². The van der Waals surface area contributed by atoms with Gasteiger partial charge in [-0.05, 0) is 23.8 Å². The van der Waals surface area contributed by atoms with E-state index in [1.54, 1.807) is 9.58 Å². The van der Waals surface area contributed by atoms with Crippen molar-refractivity contribution < 1.29 is 9.53 Å². The van der Waals surface area contributed by atoms with Crippen molar-refractivity contribution in [2.75, 3.05) is 39.3 Å². The van der Waals surface area contributed by atoms with Crippen molar-refractivity contribution in [2.24, 2.45) is 0 Å². The molecule has 2 heterocycles. The van der Waals surface area contributed by atoms with Gasteiger partial charge in [0.15, 0.2) is 0 Å². The van der Waals surface area contributed by atoms with Crippen molar-refractivity contribution in [1.82, 2.24) is 30.0 Å². The molecule has 1 aromatic heterocycles. The number of carbonyl (C=O) groups excluding carboxylic acids is 1. The lowest BCUT2D eigenvalue weighted by Crippen LogP contribution is -2.49. The first-order valence-electron chi connectivity index (χ1n) is 6.80. The zero-order valence-electron chi connectivity index (χ0n) is 11.6. The van der Waals surface area contributed by atoms with Crippen molar-refractivity contribution in [2.45, 2.75) is 25.0 Å². The number of ether oxygens (including phenoxy) is 1. The van der Waals surface area contributed by atoms with Crippen LogP contribution in [0.1, 0.15) is 13.3 Å². The van der Waals surface area contributed by atoms with Crippen LogP contribution in [0.3, 0.4) is 0 Å². The Morgan fingerprint density at radius 3 is 2.65 bits per heavy atom. The zero-order valence-corrected chi connectivity index (χ0v) is 12.5. The van der Waals surface area contributed by atoms with Crippen LogP contribution in [0, 0.1) is 0 Å². The largest absolute Gasteiger partial charge is 0.450 e. The lowest BCUT2D eigenvalue weighted by atomic mass is 10.3. The number of piperazine rings is 1. The average molecular weight is 300 g/mol. The fourth-order valence-electron chi connectivity index (χ4n) is 2.16. The van der Waals surface area contributed by atoms with E-state index in [1.165, 1.54) is 0 Å². The Morgan fingerprint density at radius 2 is 2.05 bits per heavy atom. The van der Waals surface area contributed by atoms with Gasteiger partial charge >= 0.3 is 6.09 Å². The van der Waals surface area contributed by atoms with E-state index in [0.717, 1.165) is 45.7 Å². The summed E-state index contributed by atoms with van der Waals surface area (Å²) in [6.07, 6.45) is 0.749. The first-order valence-corrected chi connectivity index (χ1v) is 7.24. The number of aryl methyl sites for hydroxylation is 1. The summed E-state index contributed by atoms with van der Waals surface area (Å²) in [5, 5.41) is 11.7. The first kappa shape index (κ1) is 15.0. The van der Waals surface area contributed by atoms with Crippen molar-refractivity contribution in [3.05, 3.63) is 0 Å². The maximum absolute atomic E-state index is 11.6. The first-order chi connectivity index (χ1) is 9.70. The van der Waals surface area contributed by atoms with Gasteiger partial charge in [0.1, 0.15) is 0 Å². The average Bonchev–Trinajstić information content (AvgIpc) is 2.85. The number of nitrogens with zero attached hydrogens (tertiary/aromatic N) is 6. The Kier molecular flexibility index (Phi) is 5.60. The third-order valence-electron chi connectivity index (χ3n) is 3.26. The van der Waals surface area contributed by atoms with Crippen LogP contribution in [0.25, 0.3) is 0 Å². The van der Waals surface area contributed by atoms with Gasteiger partial charge in [-0.15, -0.1) is 17.7 Å². The van der Waals surface area contributed by atoms with Crippen LogP contribution in [0.5, 0.6) is 0 Å². The van der Waals surface area contributed by atoms with Gasteiger partial charge in [0.2, 0.25) is 5.16 Å². The van der Waals surface area contributed by atoms with Crippen molar-refractivity contribution in [3.8, 4) is 0 Å². The summed E-state index contributed by atoms with van der Waals surface area (Å²) < 4.78 is 6.67. The topological polar surface area (TPSA) is 76.4 Å². The molecule has 1 saturated heterocycles. The van der Waals surface area contributed by atoms with Crippen LogP contribution < -0.4 is 0 Å². The lowest BCUT2D eigenvalue weighted by molar-refractivity contribution is 0.0789. The molecule has 0 saturated carbocycles. The van der Waals surface area contributed by atoms with Gasteiger partial charge in [0.25, 0.3) is 0 Å². The predicted molar refractivity (Wildman–Crippen MR) is 74.7 cm³/mol. The Labute approximate surface area is 123 Å². The minimum Gasteiger partial charge on any atom is -0.450 e. The Morgan fingerprint density at radius 1 is 1.30 bits per heavy atom. The number of hydrogen-bond donors (Lipinski definition) is 1.